The van der Waals surface area contributed by atoms with Crippen molar-refractivity contribution in [2.24, 2.45) is 11.1 Å². The molecule has 0 bridgehead atoms. The lowest BCUT2D eigenvalue weighted by molar-refractivity contribution is 0.256. The summed E-state index contributed by atoms with van der Waals surface area (Å²) in [6.07, 6.45) is 0.649. The van der Waals surface area contributed by atoms with Crippen LogP contribution in [0.15, 0.2) is 18.2 Å². The van der Waals surface area contributed by atoms with Gasteiger partial charge in [0.05, 0.1) is 12.4 Å². The van der Waals surface area contributed by atoms with Gasteiger partial charge >= 0.3 is 0 Å². The lowest BCUT2D eigenvalue weighted by atomic mass is 10.1. The van der Waals surface area contributed by atoms with Crippen molar-refractivity contribution in [1.29, 1.82) is 0 Å². The molecule has 0 saturated heterocycles. The molecule has 0 aliphatic heterocycles. The second-order valence-corrected chi connectivity index (χ2v) is 5.98. The number of sulfonamides is 1. The van der Waals surface area contributed by atoms with E-state index in [0.717, 1.165) is 0 Å². The van der Waals surface area contributed by atoms with Crippen LogP contribution >= 0.6 is 0 Å². The predicted molar refractivity (Wildman–Crippen MR) is 68.4 cm³/mol. The van der Waals surface area contributed by atoms with E-state index in [0.29, 0.717) is 17.7 Å². The molecule has 0 heterocycles. The zero-order valence-electron chi connectivity index (χ0n) is 10.5. The summed E-state index contributed by atoms with van der Waals surface area (Å²) in [5, 5.41) is 5.00. The first-order chi connectivity index (χ1) is 8.31. The van der Waals surface area contributed by atoms with Crippen molar-refractivity contribution < 1.29 is 17.5 Å². The predicted octanol–water partition coefficient (Wildman–Crippen LogP) is 1.83. The Balaban J connectivity index is 2.62. The summed E-state index contributed by atoms with van der Waals surface area (Å²) in [6.45, 7) is 3.86. The van der Waals surface area contributed by atoms with E-state index >= 15 is 0 Å². The maximum Gasteiger partial charge on any atom is 0.209 e. The second kappa shape index (κ2) is 6.15. The van der Waals surface area contributed by atoms with Gasteiger partial charge in [0.2, 0.25) is 10.0 Å². The number of primary sulfonamides is 1. The van der Waals surface area contributed by atoms with Crippen LogP contribution in [0.25, 0.3) is 0 Å². The molecule has 0 aliphatic carbocycles. The first-order valence-corrected chi connectivity index (χ1v) is 7.42. The molecule has 1 aromatic rings. The third kappa shape index (κ3) is 5.01. The Hall–Kier alpha value is -1.14. The number of nitrogens with two attached hydrogens (primary N) is 1. The lowest BCUT2D eigenvalue weighted by Crippen LogP contribution is -2.26. The van der Waals surface area contributed by atoms with Gasteiger partial charge in [-0.05, 0) is 37.1 Å². The first-order valence-electron chi connectivity index (χ1n) is 5.71. The first kappa shape index (κ1) is 14.9. The van der Waals surface area contributed by atoms with Gasteiger partial charge in [-0.1, -0.05) is 6.92 Å². The summed E-state index contributed by atoms with van der Waals surface area (Å²) in [5.74, 6) is -0.0332. The summed E-state index contributed by atoms with van der Waals surface area (Å²) >= 11 is 0. The molecule has 0 spiro atoms. The standard InChI is InChI=1S/C12H18FNO3S/c1-3-10(8-18(14,15)16)7-17-12-5-4-11(13)6-9(12)2/h4-6,10H,3,7-8H2,1-2H3,(H2,14,15,16). The minimum atomic E-state index is -3.50. The van der Waals surface area contributed by atoms with Crippen LogP contribution < -0.4 is 9.88 Å². The fraction of sp³-hybridized carbons (Fsp3) is 0.500. The number of ether oxygens (including phenoxy) is 1. The maximum atomic E-state index is 12.9. The topological polar surface area (TPSA) is 69.4 Å². The molecule has 0 saturated carbocycles. The van der Waals surface area contributed by atoms with Crippen LogP contribution in [0.3, 0.4) is 0 Å². The third-order valence-electron chi connectivity index (χ3n) is 2.66. The van der Waals surface area contributed by atoms with E-state index in [4.69, 9.17) is 9.88 Å². The number of benzene rings is 1. The summed E-state index contributed by atoms with van der Waals surface area (Å²) in [6, 6.07) is 4.22. The number of aryl methyl sites for hydroxylation is 1. The highest BCUT2D eigenvalue weighted by molar-refractivity contribution is 7.89. The van der Waals surface area contributed by atoms with Crippen LogP contribution in [0.1, 0.15) is 18.9 Å². The van der Waals surface area contributed by atoms with Gasteiger partial charge in [-0.2, -0.15) is 0 Å². The smallest absolute Gasteiger partial charge is 0.209 e. The van der Waals surface area contributed by atoms with Gasteiger partial charge < -0.3 is 4.74 Å². The Bertz CT molecular complexity index is 502. The van der Waals surface area contributed by atoms with Crippen LogP contribution in [0.5, 0.6) is 5.75 Å². The maximum absolute atomic E-state index is 12.9. The molecule has 0 fully saturated rings. The fourth-order valence-electron chi connectivity index (χ4n) is 1.59. The van der Waals surface area contributed by atoms with E-state index in [1.165, 1.54) is 18.2 Å². The highest BCUT2D eigenvalue weighted by atomic mass is 32.2. The van der Waals surface area contributed by atoms with Crippen LogP contribution in [0.4, 0.5) is 4.39 Å². The molecule has 18 heavy (non-hydrogen) atoms. The molecule has 1 atom stereocenters. The number of rotatable bonds is 6. The Morgan fingerprint density at radius 3 is 2.61 bits per heavy atom. The van der Waals surface area contributed by atoms with Crippen molar-refractivity contribution in [1.82, 2.24) is 0 Å². The van der Waals surface area contributed by atoms with E-state index in [2.05, 4.69) is 0 Å². The molecule has 0 amide bonds. The van der Waals surface area contributed by atoms with E-state index in [9.17, 15) is 12.8 Å². The third-order valence-corrected chi connectivity index (χ3v) is 3.59. The Morgan fingerprint density at radius 2 is 2.11 bits per heavy atom. The molecule has 0 radical (unpaired) electrons. The Labute approximate surface area is 107 Å². The van der Waals surface area contributed by atoms with E-state index < -0.39 is 10.0 Å². The minimum absolute atomic E-state index is 0.107. The van der Waals surface area contributed by atoms with E-state index in [-0.39, 0.29) is 24.1 Å². The summed E-state index contributed by atoms with van der Waals surface area (Å²) < 4.78 is 40.4. The average molecular weight is 275 g/mol. The lowest BCUT2D eigenvalue weighted by Gasteiger charge is -2.16. The van der Waals surface area contributed by atoms with Gasteiger partial charge in [0.15, 0.2) is 0 Å². The largest absolute Gasteiger partial charge is 0.493 e. The normalized spacial score (nSPS) is 13.3. The fourth-order valence-corrected chi connectivity index (χ4v) is 2.58. The van der Waals surface area contributed by atoms with Crippen molar-refractivity contribution in [3.8, 4) is 5.75 Å². The van der Waals surface area contributed by atoms with Crippen molar-refractivity contribution in [3.63, 3.8) is 0 Å². The molecule has 102 valence electrons. The second-order valence-electron chi connectivity index (χ2n) is 4.32. The average Bonchev–Trinajstić information content (AvgIpc) is 2.24. The molecule has 6 heteroatoms. The quantitative estimate of drug-likeness (QED) is 0.861. The zero-order chi connectivity index (χ0) is 13.8. The zero-order valence-corrected chi connectivity index (χ0v) is 11.3. The SMILES string of the molecule is CCC(COc1ccc(F)cc1C)CS(N)(=O)=O. The highest BCUT2D eigenvalue weighted by Crippen LogP contribution is 2.19. The van der Waals surface area contributed by atoms with Gasteiger partial charge in [-0.3, -0.25) is 0 Å². The molecular formula is C12H18FNO3S. The summed E-state index contributed by atoms with van der Waals surface area (Å²) in [7, 11) is -3.50. The molecule has 2 N–H and O–H groups in total. The van der Waals surface area contributed by atoms with Gasteiger partial charge in [0, 0.05) is 5.92 Å². The molecule has 1 aromatic carbocycles. The van der Waals surface area contributed by atoms with Crippen LogP contribution in [0.2, 0.25) is 0 Å². The number of halogens is 1. The molecule has 0 aliphatic rings. The van der Waals surface area contributed by atoms with Crippen LogP contribution in [-0.4, -0.2) is 20.8 Å². The van der Waals surface area contributed by atoms with Crippen LogP contribution in [0, 0.1) is 18.7 Å². The Morgan fingerprint density at radius 1 is 1.44 bits per heavy atom. The van der Waals surface area contributed by atoms with Gasteiger partial charge in [-0.25, -0.2) is 17.9 Å². The molecular weight excluding hydrogens is 257 g/mol. The highest BCUT2D eigenvalue weighted by Gasteiger charge is 2.15. The minimum Gasteiger partial charge on any atom is -0.493 e. The van der Waals surface area contributed by atoms with Crippen LogP contribution in [-0.2, 0) is 10.0 Å². The number of hydrogen-bond acceptors (Lipinski definition) is 3. The van der Waals surface area contributed by atoms with Crippen molar-refractivity contribution >= 4 is 10.0 Å². The van der Waals surface area contributed by atoms with Gasteiger partial charge in [0.25, 0.3) is 0 Å². The molecule has 4 nitrogen and oxygen atoms in total. The Kier molecular flexibility index (Phi) is 5.10. The molecule has 1 unspecified atom stereocenters. The van der Waals surface area contributed by atoms with Crippen molar-refractivity contribution in [3.05, 3.63) is 29.6 Å². The van der Waals surface area contributed by atoms with Gasteiger partial charge in [-0.15, -0.1) is 0 Å². The summed E-state index contributed by atoms with van der Waals surface area (Å²) in [5.41, 5.74) is 0.681. The summed E-state index contributed by atoms with van der Waals surface area (Å²) in [4.78, 5) is 0. The van der Waals surface area contributed by atoms with Crippen molar-refractivity contribution in [2.45, 2.75) is 20.3 Å². The van der Waals surface area contributed by atoms with Gasteiger partial charge in [0.1, 0.15) is 11.6 Å². The molecule has 0 aromatic heterocycles. The van der Waals surface area contributed by atoms with E-state index in [1.807, 2.05) is 6.92 Å². The monoisotopic (exact) mass is 275 g/mol. The number of hydrogen-bond donors (Lipinski definition) is 1. The molecule has 1 rings (SSSR count). The van der Waals surface area contributed by atoms with E-state index in [1.54, 1.807) is 6.92 Å². The van der Waals surface area contributed by atoms with Crippen molar-refractivity contribution in [2.75, 3.05) is 12.4 Å².